The topological polar surface area (TPSA) is 45.2 Å². The van der Waals surface area contributed by atoms with E-state index in [0.29, 0.717) is 6.04 Å². The Morgan fingerprint density at radius 1 is 1.59 bits per heavy atom. The Kier molecular flexibility index (Phi) is 7.01. The molecule has 1 aromatic rings. The van der Waals surface area contributed by atoms with Crippen LogP contribution in [0, 0.1) is 6.92 Å². The zero-order chi connectivity index (χ0) is 10.8. The number of carbonyl (C=O) groups is 1. The lowest BCUT2D eigenvalue weighted by atomic mass is 10.2. The quantitative estimate of drug-likeness (QED) is 0.904. The molecule has 7 heteroatoms. The van der Waals surface area contributed by atoms with Crippen LogP contribution in [0.1, 0.15) is 21.8 Å². The van der Waals surface area contributed by atoms with Crippen LogP contribution in [-0.2, 0) is 0 Å². The van der Waals surface area contributed by atoms with Gasteiger partial charge in [-0.05, 0) is 19.9 Å². The molecule has 1 atom stereocenters. The van der Waals surface area contributed by atoms with Crippen molar-refractivity contribution in [2.45, 2.75) is 19.4 Å². The first-order valence-corrected chi connectivity index (χ1v) is 5.96. The van der Waals surface area contributed by atoms with Gasteiger partial charge in [-0.15, -0.1) is 36.2 Å². The van der Waals surface area contributed by atoms with Crippen molar-refractivity contribution >= 4 is 42.1 Å². The van der Waals surface area contributed by atoms with E-state index in [9.17, 15) is 4.79 Å². The van der Waals surface area contributed by atoms with Crippen LogP contribution in [0.15, 0.2) is 5.51 Å². The molecule has 4 nitrogen and oxygen atoms in total. The molecule has 1 saturated heterocycles. The van der Waals surface area contributed by atoms with E-state index in [4.69, 9.17) is 0 Å². The van der Waals surface area contributed by atoms with E-state index in [1.54, 1.807) is 5.51 Å². The van der Waals surface area contributed by atoms with Crippen molar-refractivity contribution in [3.05, 3.63) is 16.1 Å². The zero-order valence-corrected chi connectivity index (χ0v) is 12.3. The van der Waals surface area contributed by atoms with Gasteiger partial charge in [0.15, 0.2) is 0 Å². The maximum atomic E-state index is 12.1. The zero-order valence-electron chi connectivity index (χ0n) is 9.80. The number of nitrogens with one attached hydrogen (secondary N) is 1. The van der Waals surface area contributed by atoms with Gasteiger partial charge in [0, 0.05) is 19.6 Å². The number of halogens is 2. The third-order valence-electron chi connectivity index (χ3n) is 2.84. The van der Waals surface area contributed by atoms with Crippen LogP contribution in [0.25, 0.3) is 0 Å². The van der Waals surface area contributed by atoms with E-state index in [1.807, 2.05) is 18.9 Å². The lowest BCUT2D eigenvalue weighted by Crippen LogP contribution is -2.38. The summed E-state index contributed by atoms with van der Waals surface area (Å²) in [5.41, 5.74) is 2.56. The van der Waals surface area contributed by atoms with E-state index in [-0.39, 0.29) is 30.7 Å². The van der Waals surface area contributed by atoms with Crippen molar-refractivity contribution in [1.29, 1.82) is 0 Å². The highest BCUT2D eigenvalue weighted by Crippen LogP contribution is 2.17. The molecule has 2 rings (SSSR count). The smallest absolute Gasteiger partial charge is 0.265 e. The first-order valence-electron chi connectivity index (χ1n) is 5.08. The molecule has 1 fully saturated rings. The molecule has 1 aliphatic heterocycles. The van der Waals surface area contributed by atoms with Crippen molar-refractivity contribution in [1.82, 2.24) is 15.2 Å². The maximum absolute atomic E-state index is 12.1. The van der Waals surface area contributed by atoms with Crippen molar-refractivity contribution in [2.24, 2.45) is 0 Å². The van der Waals surface area contributed by atoms with E-state index < -0.39 is 0 Å². The van der Waals surface area contributed by atoms with Crippen LogP contribution in [0.4, 0.5) is 0 Å². The van der Waals surface area contributed by atoms with Gasteiger partial charge in [-0.2, -0.15) is 0 Å². The maximum Gasteiger partial charge on any atom is 0.265 e. The van der Waals surface area contributed by atoms with Gasteiger partial charge in [-0.1, -0.05) is 0 Å². The average molecular weight is 298 g/mol. The summed E-state index contributed by atoms with van der Waals surface area (Å²) in [5, 5.41) is 3.26. The number of thiazole rings is 1. The Balaban J connectivity index is 0.00000128. The molecule has 1 aromatic heterocycles. The van der Waals surface area contributed by atoms with Gasteiger partial charge in [-0.25, -0.2) is 4.98 Å². The summed E-state index contributed by atoms with van der Waals surface area (Å²) in [5.74, 6) is 0.101. The number of likely N-dealkylation sites (N-methyl/N-ethyl adjacent to an activating group) is 1. The third kappa shape index (κ3) is 3.55. The summed E-state index contributed by atoms with van der Waals surface area (Å²) in [7, 11) is 1.87. The highest BCUT2D eigenvalue weighted by molar-refractivity contribution is 7.11. The Bertz CT molecular complexity index is 366. The third-order valence-corrected chi connectivity index (χ3v) is 3.76. The van der Waals surface area contributed by atoms with Crippen LogP contribution in [0.2, 0.25) is 0 Å². The van der Waals surface area contributed by atoms with Gasteiger partial charge in [0.25, 0.3) is 5.91 Å². The molecule has 1 N–H and O–H groups in total. The molecule has 17 heavy (non-hydrogen) atoms. The predicted molar refractivity (Wildman–Crippen MR) is 74.7 cm³/mol. The summed E-state index contributed by atoms with van der Waals surface area (Å²) in [4.78, 5) is 18.8. The average Bonchev–Trinajstić information content (AvgIpc) is 2.85. The molecule has 0 aromatic carbocycles. The molecule has 1 unspecified atom stereocenters. The number of aromatic nitrogens is 1. The Morgan fingerprint density at radius 3 is 2.76 bits per heavy atom. The second-order valence-electron chi connectivity index (χ2n) is 3.83. The molecule has 0 spiro atoms. The fraction of sp³-hybridized carbons (Fsp3) is 0.600. The number of rotatable bonds is 2. The van der Waals surface area contributed by atoms with E-state index in [0.717, 1.165) is 30.1 Å². The molecule has 1 aliphatic rings. The highest BCUT2D eigenvalue weighted by Gasteiger charge is 2.25. The van der Waals surface area contributed by atoms with Gasteiger partial charge in [0.05, 0.1) is 11.2 Å². The molecular weight excluding hydrogens is 281 g/mol. The minimum atomic E-state index is 0. The van der Waals surface area contributed by atoms with Crippen LogP contribution < -0.4 is 5.32 Å². The first-order chi connectivity index (χ1) is 7.20. The van der Waals surface area contributed by atoms with Gasteiger partial charge in [0.1, 0.15) is 4.88 Å². The lowest BCUT2D eigenvalue weighted by molar-refractivity contribution is 0.0747. The Hall–Kier alpha value is -0.360. The molecule has 0 saturated carbocycles. The minimum absolute atomic E-state index is 0. The molecular formula is C10H17Cl2N3OS. The summed E-state index contributed by atoms with van der Waals surface area (Å²) < 4.78 is 0. The second-order valence-corrected chi connectivity index (χ2v) is 4.68. The summed E-state index contributed by atoms with van der Waals surface area (Å²) in [6.45, 7) is 3.79. The number of hydrogen-bond acceptors (Lipinski definition) is 4. The van der Waals surface area contributed by atoms with E-state index in [2.05, 4.69) is 10.3 Å². The van der Waals surface area contributed by atoms with Crippen molar-refractivity contribution in [3.8, 4) is 0 Å². The van der Waals surface area contributed by atoms with E-state index >= 15 is 0 Å². The van der Waals surface area contributed by atoms with Crippen LogP contribution in [0.5, 0.6) is 0 Å². The number of aryl methyl sites for hydroxylation is 1. The van der Waals surface area contributed by atoms with Gasteiger partial charge in [0.2, 0.25) is 0 Å². The standard InChI is InChI=1S/C10H15N3OS.2ClH/c1-7-9(15-6-12-7)10(14)13(2)8-3-4-11-5-8;;/h6,8,11H,3-5H2,1-2H3;2*1H. The molecule has 1 amide bonds. The fourth-order valence-electron chi connectivity index (χ4n) is 1.80. The largest absolute Gasteiger partial charge is 0.337 e. The normalized spacial score (nSPS) is 18.1. The van der Waals surface area contributed by atoms with Crippen LogP contribution in [0.3, 0.4) is 0 Å². The second kappa shape index (κ2) is 7.16. The number of nitrogens with zero attached hydrogens (tertiary/aromatic N) is 2. The van der Waals surface area contributed by atoms with Crippen molar-refractivity contribution in [3.63, 3.8) is 0 Å². The fourth-order valence-corrected chi connectivity index (χ4v) is 2.59. The Morgan fingerprint density at radius 2 is 2.29 bits per heavy atom. The van der Waals surface area contributed by atoms with Gasteiger partial charge >= 0.3 is 0 Å². The monoisotopic (exact) mass is 297 g/mol. The minimum Gasteiger partial charge on any atom is -0.337 e. The Labute approximate surface area is 118 Å². The molecule has 0 bridgehead atoms. The summed E-state index contributed by atoms with van der Waals surface area (Å²) in [6.07, 6.45) is 1.04. The summed E-state index contributed by atoms with van der Waals surface area (Å²) in [6, 6.07) is 0.332. The van der Waals surface area contributed by atoms with E-state index in [1.165, 1.54) is 11.3 Å². The predicted octanol–water partition coefficient (Wildman–Crippen LogP) is 1.73. The van der Waals surface area contributed by atoms with Gasteiger partial charge in [-0.3, -0.25) is 4.79 Å². The van der Waals surface area contributed by atoms with Crippen molar-refractivity contribution in [2.75, 3.05) is 20.1 Å². The van der Waals surface area contributed by atoms with Crippen molar-refractivity contribution < 1.29 is 4.79 Å². The first kappa shape index (κ1) is 16.6. The molecule has 0 aliphatic carbocycles. The SMILES string of the molecule is Cc1ncsc1C(=O)N(C)C1CCNC1.Cl.Cl. The molecule has 2 heterocycles. The number of carbonyl (C=O) groups excluding carboxylic acids is 1. The molecule has 0 radical (unpaired) electrons. The highest BCUT2D eigenvalue weighted by atomic mass is 35.5. The molecule has 98 valence electrons. The summed E-state index contributed by atoms with van der Waals surface area (Å²) >= 11 is 1.42. The lowest BCUT2D eigenvalue weighted by Gasteiger charge is -2.23. The van der Waals surface area contributed by atoms with Crippen LogP contribution in [-0.4, -0.2) is 42.0 Å². The van der Waals surface area contributed by atoms with Gasteiger partial charge < -0.3 is 10.2 Å². The number of hydrogen-bond donors (Lipinski definition) is 1. The number of amides is 1. The van der Waals surface area contributed by atoms with Crippen LogP contribution >= 0.6 is 36.2 Å².